The van der Waals surface area contributed by atoms with E-state index in [9.17, 15) is 19.7 Å². The van der Waals surface area contributed by atoms with Crippen molar-refractivity contribution in [1.29, 1.82) is 0 Å². The number of hydrogen-bond acceptors (Lipinski definition) is 6. The van der Waals surface area contributed by atoms with E-state index < -0.39 is 22.8 Å². The lowest BCUT2D eigenvalue weighted by Gasteiger charge is -2.19. The molecular weight excluding hydrogens is 412 g/mol. The Hall–Kier alpha value is -3.75. The third kappa shape index (κ3) is 7.50. The summed E-state index contributed by atoms with van der Waals surface area (Å²) in [6, 6.07) is 10.8. The number of para-hydroxylation sites is 1. The van der Waals surface area contributed by atoms with Crippen LogP contribution in [-0.2, 0) is 9.59 Å². The number of nitro benzene ring substituents is 1. The fourth-order valence-electron chi connectivity index (χ4n) is 3.07. The molecule has 170 valence electrons. The van der Waals surface area contributed by atoms with Gasteiger partial charge < -0.3 is 10.1 Å². The number of carbonyl (C=O) groups is 2. The van der Waals surface area contributed by atoms with Crippen molar-refractivity contribution in [2.45, 2.75) is 40.2 Å². The molecule has 2 aromatic carbocycles. The first kappa shape index (κ1) is 24.5. The highest BCUT2D eigenvalue weighted by atomic mass is 16.6. The van der Waals surface area contributed by atoms with Crippen LogP contribution in [0, 0.1) is 29.9 Å². The standard InChI is InChI=1S/C23H28N4O5/c1-15(2)11-20(25-21(28)14-32-22-16(3)7-5-8-17(22)4)23(29)26-24-13-18-9-6-10-19(12-18)27(30)31/h5-10,12-13,15,20H,11,14H2,1-4H3,(H,25,28)(H,26,29)/b24-13-/t20-/m0/s1. The maximum absolute atomic E-state index is 12.6. The van der Waals surface area contributed by atoms with Crippen molar-refractivity contribution < 1.29 is 19.2 Å². The van der Waals surface area contributed by atoms with E-state index in [1.807, 2.05) is 45.9 Å². The van der Waals surface area contributed by atoms with Gasteiger partial charge in [0.05, 0.1) is 11.1 Å². The molecule has 0 bridgehead atoms. The molecule has 32 heavy (non-hydrogen) atoms. The number of nitrogens with zero attached hydrogens (tertiary/aromatic N) is 2. The molecule has 2 rings (SSSR count). The van der Waals surface area contributed by atoms with Gasteiger partial charge in [-0.1, -0.05) is 44.2 Å². The summed E-state index contributed by atoms with van der Waals surface area (Å²) >= 11 is 0. The number of hydrazone groups is 1. The molecule has 0 aromatic heterocycles. The maximum atomic E-state index is 12.6. The molecule has 0 fully saturated rings. The summed E-state index contributed by atoms with van der Waals surface area (Å²) < 4.78 is 5.66. The summed E-state index contributed by atoms with van der Waals surface area (Å²) in [6.07, 6.45) is 1.72. The second-order valence-electron chi connectivity index (χ2n) is 7.85. The van der Waals surface area contributed by atoms with E-state index >= 15 is 0 Å². The fourth-order valence-corrected chi connectivity index (χ4v) is 3.07. The van der Waals surface area contributed by atoms with Crippen LogP contribution in [0.5, 0.6) is 5.75 Å². The number of nitrogens with one attached hydrogen (secondary N) is 2. The van der Waals surface area contributed by atoms with E-state index in [-0.39, 0.29) is 18.2 Å². The average molecular weight is 441 g/mol. The van der Waals surface area contributed by atoms with E-state index in [0.29, 0.717) is 17.7 Å². The first-order valence-electron chi connectivity index (χ1n) is 10.2. The highest BCUT2D eigenvalue weighted by Crippen LogP contribution is 2.22. The molecule has 2 aromatic rings. The van der Waals surface area contributed by atoms with Gasteiger partial charge in [0.15, 0.2) is 6.61 Å². The Morgan fingerprint density at radius 2 is 1.81 bits per heavy atom. The predicted molar refractivity (Wildman–Crippen MR) is 122 cm³/mol. The molecule has 0 aliphatic carbocycles. The Balaban J connectivity index is 1.97. The molecule has 0 spiro atoms. The SMILES string of the molecule is Cc1cccc(C)c1OCC(=O)N[C@@H](CC(C)C)C(=O)N/N=C\c1cccc([N+](=O)[O-])c1. The summed E-state index contributed by atoms with van der Waals surface area (Å²) in [6.45, 7) is 7.45. The number of carbonyl (C=O) groups excluding carboxylic acids is 2. The van der Waals surface area contributed by atoms with Gasteiger partial charge in [-0.05, 0) is 37.3 Å². The summed E-state index contributed by atoms with van der Waals surface area (Å²) in [5, 5.41) is 17.4. The first-order valence-corrected chi connectivity index (χ1v) is 10.2. The van der Waals surface area contributed by atoms with Crippen molar-refractivity contribution >= 4 is 23.7 Å². The Bertz CT molecular complexity index is 983. The Morgan fingerprint density at radius 3 is 2.44 bits per heavy atom. The Labute approximate surface area is 187 Å². The number of ether oxygens (including phenoxy) is 1. The van der Waals surface area contributed by atoms with Crippen LogP contribution < -0.4 is 15.5 Å². The van der Waals surface area contributed by atoms with Crippen LogP contribution in [0.4, 0.5) is 5.69 Å². The summed E-state index contributed by atoms with van der Waals surface area (Å²) in [4.78, 5) is 35.3. The van der Waals surface area contributed by atoms with Crippen molar-refractivity contribution in [2.75, 3.05) is 6.61 Å². The van der Waals surface area contributed by atoms with Gasteiger partial charge in [-0.3, -0.25) is 19.7 Å². The van der Waals surface area contributed by atoms with Crippen LogP contribution >= 0.6 is 0 Å². The minimum atomic E-state index is -0.800. The number of amides is 2. The van der Waals surface area contributed by atoms with Crippen molar-refractivity contribution in [1.82, 2.24) is 10.7 Å². The zero-order valence-electron chi connectivity index (χ0n) is 18.6. The van der Waals surface area contributed by atoms with Gasteiger partial charge in [0.1, 0.15) is 11.8 Å². The number of benzene rings is 2. The summed E-state index contributed by atoms with van der Waals surface area (Å²) in [5.41, 5.74) is 4.62. The average Bonchev–Trinajstić information content (AvgIpc) is 2.72. The Kier molecular flexibility index (Phi) is 8.88. The summed E-state index contributed by atoms with van der Waals surface area (Å²) in [5.74, 6) is -0.114. The molecule has 1 atom stereocenters. The topological polar surface area (TPSA) is 123 Å². The molecule has 0 aliphatic rings. The quantitative estimate of drug-likeness (QED) is 0.333. The molecule has 0 radical (unpaired) electrons. The number of rotatable bonds is 10. The lowest BCUT2D eigenvalue weighted by Crippen LogP contribution is -2.47. The Morgan fingerprint density at radius 1 is 1.16 bits per heavy atom. The van der Waals surface area contributed by atoms with Crippen LogP contribution in [-0.4, -0.2) is 35.6 Å². The van der Waals surface area contributed by atoms with Crippen molar-refractivity contribution in [3.8, 4) is 5.75 Å². The van der Waals surface area contributed by atoms with Gasteiger partial charge in [-0.2, -0.15) is 5.10 Å². The highest BCUT2D eigenvalue weighted by Gasteiger charge is 2.22. The molecule has 2 N–H and O–H groups in total. The normalized spacial score (nSPS) is 11.9. The number of hydrogen-bond donors (Lipinski definition) is 2. The van der Waals surface area contributed by atoms with Crippen molar-refractivity contribution in [2.24, 2.45) is 11.0 Å². The minimum absolute atomic E-state index is 0.0749. The number of non-ortho nitro benzene ring substituents is 1. The number of aryl methyl sites for hydroxylation is 2. The second-order valence-corrected chi connectivity index (χ2v) is 7.85. The van der Waals surface area contributed by atoms with E-state index in [0.717, 1.165) is 11.1 Å². The third-order valence-corrected chi connectivity index (χ3v) is 4.58. The molecule has 0 saturated heterocycles. The lowest BCUT2D eigenvalue weighted by atomic mass is 10.0. The van der Waals surface area contributed by atoms with E-state index in [1.165, 1.54) is 24.4 Å². The monoisotopic (exact) mass is 440 g/mol. The largest absolute Gasteiger partial charge is 0.483 e. The second kappa shape index (κ2) is 11.6. The van der Waals surface area contributed by atoms with Gasteiger partial charge in [-0.25, -0.2) is 5.43 Å². The molecule has 0 saturated carbocycles. The molecular formula is C23H28N4O5. The van der Waals surface area contributed by atoms with Gasteiger partial charge in [0.25, 0.3) is 17.5 Å². The molecule has 0 aliphatic heterocycles. The van der Waals surface area contributed by atoms with Crippen LogP contribution in [0.25, 0.3) is 0 Å². The van der Waals surface area contributed by atoms with Crippen LogP contribution in [0.3, 0.4) is 0 Å². The summed E-state index contributed by atoms with van der Waals surface area (Å²) in [7, 11) is 0. The molecule has 2 amide bonds. The smallest absolute Gasteiger partial charge is 0.270 e. The van der Waals surface area contributed by atoms with Crippen LogP contribution in [0.2, 0.25) is 0 Å². The molecule has 0 unspecified atom stereocenters. The zero-order valence-corrected chi connectivity index (χ0v) is 18.6. The minimum Gasteiger partial charge on any atom is -0.483 e. The maximum Gasteiger partial charge on any atom is 0.270 e. The number of nitro groups is 1. The van der Waals surface area contributed by atoms with Gasteiger partial charge in [-0.15, -0.1) is 0 Å². The van der Waals surface area contributed by atoms with Gasteiger partial charge >= 0.3 is 0 Å². The predicted octanol–water partition coefficient (Wildman–Crippen LogP) is 3.27. The van der Waals surface area contributed by atoms with E-state index in [1.54, 1.807) is 6.07 Å². The highest BCUT2D eigenvalue weighted by molar-refractivity contribution is 5.89. The third-order valence-electron chi connectivity index (χ3n) is 4.58. The van der Waals surface area contributed by atoms with Gasteiger partial charge in [0.2, 0.25) is 0 Å². The molecule has 9 heteroatoms. The van der Waals surface area contributed by atoms with E-state index in [2.05, 4.69) is 15.8 Å². The fraction of sp³-hybridized carbons (Fsp3) is 0.348. The van der Waals surface area contributed by atoms with Crippen LogP contribution in [0.15, 0.2) is 47.6 Å². The van der Waals surface area contributed by atoms with Crippen LogP contribution in [0.1, 0.15) is 37.0 Å². The van der Waals surface area contributed by atoms with E-state index in [4.69, 9.17) is 4.74 Å². The molecule has 0 heterocycles. The van der Waals surface area contributed by atoms with Crippen molar-refractivity contribution in [3.05, 3.63) is 69.3 Å². The zero-order chi connectivity index (χ0) is 23.7. The van der Waals surface area contributed by atoms with Gasteiger partial charge in [0, 0.05) is 17.7 Å². The van der Waals surface area contributed by atoms with Crippen molar-refractivity contribution in [3.63, 3.8) is 0 Å². The molecule has 9 nitrogen and oxygen atoms in total. The lowest BCUT2D eigenvalue weighted by molar-refractivity contribution is -0.384. The first-order chi connectivity index (χ1) is 15.2.